The maximum atomic E-state index is 12.6. The predicted octanol–water partition coefficient (Wildman–Crippen LogP) is 3.21. The van der Waals surface area contributed by atoms with Gasteiger partial charge in [0.05, 0.1) is 23.1 Å². The number of hydrogen-bond acceptors (Lipinski definition) is 4. The summed E-state index contributed by atoms with van der Waals surface area (Å²) in [6, 6.07) is 10.6. The summed E-state index contributed by atoms with van der Waals surface area (Å²) in [4.78, 5) is 20.6. The first-order valence-electron chi connectivity index (χ1n) is 7.14. The second-order valence-electron chi connectivity index (χ2n) is 4.99. The van der Waals surface area contributed by atoms with Gasteiger partial charge in [-0.1, -0.05) is 12.1 Å². The number of halogens is 2. The number of thioether (sulfide) groups is 1. The molecule has 0 radical (unpaired) electrons. The van der Waals surface area contributed by atoms with E-state index in [1.54, 1.807) is 6.07 Å². The summed E-state index contributed by atoms with van der Waals surface area (Å²) >= 11 is 0.256. The monoisotopic (exact) mass is 348 g/mol. The number of rotatable bonds is 5. The second kappa shape index (κ2) is 6.96. The standard InChI is InChI=1S/C16H14F2N4OS/c1-22-12-7-3-2-6-11(12)21-13(22)9-20-14(23)10-5-4-8-19-15(10)24-16(17)18/h2-8,16H,9H2,1H3,(H,20,23). The van der Waals surface area contributed by atoms with Crippen LogP contribution in [0.25, 0.3) is 11.0 Å². The van der Waals surface area contributed by atoms with Gasteiger partial charge in [0.2, 0.25) is 0 Å². The van der Waals surface area contributed by atoms with E-state index < -0.39 is 11.7 Å². The highest BCUT2D eigenvalue weighted by Gasteiger charge is 2.17. The van der Waals surface area contributed by atoms with E-state index in [0.717, 1.165) is 11.0 Å². The zero-order chi connectivity index (χ0) is 17.1. The minimum Gasteiger partial charge on any atom is -0.345 e. The number of amides is 1. The summed E-state index contributed by atoms with van der Waals surface area (Å²) in [5, 5.41) is 2.72. The second-order valence-corrected chi connectivity index (χ2v) is 5.97. The van der Waals surface area contributed by atoms with Crippen molar-refractivity contribution in [2.45, 2.75) is 17.3 Å². The Bertz CT molecular complexity index is 881. The van der Waals surface area contributed by atoms with Gasteiger partial charge in [-0.2, -0.15) is 8.78 Å². The third-order valence-electron chi connectivity index (χ3n) is 3.50. The van der Waals surface area contributed by atoms with Crippen molar-refractivity contribution in [3.8, 4) is 0 Å². The molecule has 24 heavy (non-hydrogen) atoms. The van der Waals surface area contributed by atoms with Gasteiger partial charge in [-0.15, -0.1) is 0 Å². The Morgan fingerprint density at radius 1 is 1.29 bits per heavy atom. The quantitative estimate of drug-likeness (QED) is 0.719. The van der Waals surface area contributed by atoms with Crippen LogP contribution in [0.3, 0.4) is 0 Å². The van der Waals surface area contributed by atoms with E-state index in [1.165, 1.54) is 12.3 Å². The topological polar surface area (TPSA) is 59.8 Å². The molecule has 0 saturated heterocycles. The van der Waals surface area contributed by atoms with Gasteiger partial charge in [0.15, 0.2) is 0 Å². The number of pyridine rings is 1. The summed E-state index contributed by atoms with van der Waals surface area (Å²) in [6.45, 7) is 0.192. The normalized spacial score (nSPS) is 11.2. The predicted molar refractivity (Wildman–Crippen MR) is 88.0 cm³/mol. The van der Waals surface area contributed by atoms with Gasteiger partial charge in [-0.3, -0.25) is 4.79 Å². The van der Waals surface area contributed by atoms with Crippen molar-refractivity contribution in [2.75, 3.05) is 0 Å². The summed E-state index contributed by atoms with van der Waals surface area (Å²) in [5.74, 6) is -2.42. The fourth-order valence-electron chi connectivity index (χ4n) is 2.35. The van der Waals surface area contributed by atoms with Gasteiger partial charge < -0.3 is 9.88 Å². The van der Waals surface area contributed by atoms with Gasteiger partial charge in [0, 0.05) is 13.2 Å². The fourth-order valence-corrected chi connectivity index (χ4v) is 2.93. The lowest BCUT2D eigenvalue weighted by molar-refractivity contribution is 0.0946. The summed E-state index contributed by atoms with van der Waals surface area (Å²) in [5.41, 5.74) is 1.92. The van der Waals surface area contributed by atoms with Crippen molar-refractivity contribution in [3.05, 3.63) is 54.0 Å². The SMILES string of the molecule is Cn1c(CNC(=O)c2cccnc2SC(F)F)nc2ccccc21. The Labute approximate surface area is 141 Å². The summed E-state index contributed by atoms with van der Waals surface area (Å²) in [6.07, 6.45) is 1.38. The van der Waals surface area contributed by atoms with E-state index in [1.807, 2.05) is 35.9 Å². The van der Waals surface area contributed by atoms with Crippen molar-refractivity contribution in [3.63, 3.8) is 0 Å². The molecule has 8 heteroatoms. The fraction of sp³-hybridized carbons (Fsp3) is 0.188. The zero-order valence-electron chi connectivity index (χ0n) is 12.7. The summed E-state index contributed by atoms with van der Waals surface area (Å²) in [7, 11) is 1.86. The molecule has 3 rings (SSSR count). The molecule has 0 atom stereocenters. The molecular formula is C16H14F2N4OS. The number of hydrogen-bond donors (Lipinski definition) is 1. The van der Waals surface area contributed by atoms with Crippen molar-refractivity contribution >= 4 is 28.7 Å². The third kappa shape index (κ3) is 3.38. The molecule has 3 aromatic rings. The number of aromatic nitrogens is 3. The molecule has 0 aliphatic carbocycles. The van der Waals surface area contributed by atoms with E-state index >= 15 is 0 Å². The lowest BCUT2D eigenvalue weighted by atomic mass is 10.2. The molecule has 0 unspecified atom stereocenters. The van der Waals surface area contributed by atoms with E-state index in [4.69, 9.17) is 0 Å². The first-order valence-corrected chi connectivity index (χ1v) is 8.02. The van der Waals surface area contributed by atoms with Gasteiger partial charge in [-0.05, 0) is 36.0 Å². The number of imidazole rings is 1. The van der Waals surface area contributed by atoms with E-state index in [0.29, 0.717) is 5.82 Å². The Balaban J connectivity index is 1.77. The molecule has 0 fully saturated rings. The molecule has 1 amide bonds. The molecule has 1 aromatic carbocycles. The number of fused-ring (bicyclic) bond motifs is 1. The Morgan fingerprint density at radius 3 is 2.83 bits per heavy atom. The van der Waals surface area contributed by atoms with Crippen molar-refractivity contribution < 1.29 is 13.6 Å². The number of nitrogens with zero attached hydrogens (tertiary/aromatic N) is 3. The highest BCUT2D eigenvalue weighted by Crippen LogP contribution is 2.26. The lowest BCUT2D eigenvalue weighted by Gasteiger charge is -2.08. The highest BCUT2D eigenvalue weighted by atomic mass is 32.2. The van der Waals surface area contributed by atoms with E-state index in [9.17, 15) is 13.6 Å². The Morgan fingerprint density at radius 2 is 2.08 bits per heavy atom. The van der Waals surface area contributed by atoms with Crippen LogP contribution >= 0.6 is 11.8 Å². The van der Waals surface area contributed by atoms with Gasteiger partial charge in [-0.25, -0.2) is 9.97 Å². The maximum Gasteiger partial charge on any atom is 0.290 e. The van der Waals surface area contributed by atoms with Crippen LogP contribution in [0.15, 0.2) is 47.6 Å². The molecular weight excluding hydrogens is 334 g/mol. The van der Waals surface area contributed by atoms with Crippen molar-refractivity contribution in [2.24, 2.45) is 7.05 Å². The molecule has 1 N–H and O–H groups in total. The van der Waals surface area contributed by atoms with Crippen LogP contribution in [-0.4, -0.2) is 26.2 Å². The van der Waals surface area contributed by atoms with Crippen LogP contribution in [-0.2, 0) is 13.6 Å². The van der Waals surface area contributed by atoms with Gasteiger partial charge in [0.25, 0.3) is 11.7 Å². The molecule has 5 nitrogen and oxygen atoms in total. The summed E-state index contributed by atoms with van der Waals surface area (Å²) < 4.78 is 27.0. The zero-order valence-corrected chi connectivity index (χ0v) is 13.6. The first kappa shape index (κ1) is 16.4. The molecule has 124 valence electrons. The smallest absolute Gasteiger partial charge is 0.290 e. The molecule has 0 bridgehead atoms. The number of nitrogens with one attached hydrogen (secondary N) is 1. The molecule has 0 aliphatic heterocycles. The molecule has 0 saturated carbocycles. The highest BCUT2D eigenvalue weighted by molar-refractivity contribution is 7.99. The van der Waals surface area contributed by atoms with E-state index in [2.05, 4.69) is 15.3 Å². The largest absolute Gasteiger partial charge is 0.345 e. The van der Waals surface area contributed by atoms with Crippen LogP contribution in [0.2, 0.25) is 0 Å². The van der Waals surface area contributed by atoms with Crippen LogP contribution < -0.4 is 5.32 Å². The first-order chi connectivity index (χ1) is 11.6. The minimum absolute atomic E-state index is 0.00926. The van der Waals surface area contributed by atoms with Crippen molar-refractivity contribution in [1.82, 2.24) is 19.9 Å². The number of carbonyl (C=O) groups is 1. The number of benzene rings is 1. The molecule has 2 heterocycles. The Kier molecular flexibility index (Phi) is 4.75. The third-order valence-corrected chi connectivity index (χ3v) is 4.23. The molecule has 2 aromatic heterocycles. The maximum absolute atomic E-state index is 12.6. The lowest BCUT2D eigenvalue weighted by Crippen LogP contribution is -2.25. The van der Waals surface area contributed by atoms with Crippen LogP contribution in [0.1, 0.15) is 16.2 Å². The average molecular weight is 348 g/mol. The van der Waals surface area contributed by atoms with E-state index in [-0.39, 0.29) is 28.9 Å². The number of alkyl halides is 2. The van der Waals surface area contributed by atoms with Crippen molar-refractivity contribution in [1.29, 1.82) is 0 Å². The average Bonchev–Trinajstić information content (AvgIpc) is 2.89. The van der Waals surface area contributed by atoms with Crippen LogP contribution in [0.5, 0.6) is 0 Å². The number of carbonyl (C=O) groups excluding carboxylic acids is 1. The number of aryl methyl sites for hydroxylation is 1. The van der Waals surface area contributed by atoms with Crippen LogP contribution in [0.4, 0.5) is 8.78 Å². The van der Waals surface area contributed by atoms with Crippen LogP contribution in [0, 0.1) is 0 Å². The molecule has 0 spiro atoms. The molecule has 0 aliphatic rings. The van der Waals surface area contributed by atoms with Gasteiger partial charge in [0.1, 0.15) is 10.9 Å². The minimum atomic E-state index is -2.63. The number of para-hydroxylation sites is 2. The Hall–Kier alpha value is -2.48. The van der Waals surface area contributed by atoms with Gasteiger partial charge >= 0.3 is 0 Å².